The quantitative estimate of drug-likeness (QED) is 0.670. The largest absolute Gasteiger partial charge is 0.274 e. The van der Waals surface area contributed by atoms with E-state index in [4.69, 9.17) is 11.6 Å². The van der Waals surface area contributed by atoms with Crippen molar-refractivity contribution in [3.8, 4) is 11.1 Å². The molecule has 29 heavy (non-hydrogen) atoms. The molecule has 0 aromatic heterocycles. The van der Waals surface area contributed by atoms with E-state index in [1.54, 1.807) is 6.07 Å². The predicted octanol–water partition coefficient (Wildman–Crippen LogP) is 4.49. The highest BCUT2D eigenvalue weighted by Gasteiger charge is 2.28. The summed E-state index contributed by atoms with van der Waals surface area (Å²) in [6, 6.07) is 6.85. The van der Waals surface area contributed by atoms with Crippen molar-refractivity contribution < 1.29 is 22.0 Å². The van der Waals surface area contributed by atoms with E-state index in [0.29, 0.717) is 24.0 Å². The second-order valence-electron chi connectivity index (χ2n) is 7.12. The highest BCUT2D eigenvalue weighted by molar-refractivity contribution is 7.90. The summed E-state index contributed by atoms with van der Waals surface area (Å²) in [5, 5.41) is -0.733. The summed E-state index contributed by atoms with van der Waals surface area (Å²) in [6.07, 6.45) is 3.64. The Morgan fingerprint density at radius 1 is 1.14 bits per heavy atom. The number of carbonyl (C=O) groups is 1. The van der Waals surface area contributed by atoms with Gasteiger partial charge >= 0.3 is 0 Å². The summed E-state index contributed by atoms with van der Waals surface area (Å²) in [5.74, 6) is -2.38. The predicted molar refractivity (Wildman–Crippen MR) is 108 cm³/mol. The van der Waals surface area contributed by atoms with Gasteiger partial charge < -0.3 is 0 Å². The Kier molecular flexibility index (Phi) is 6.55. The van der Waals surface area contributed by atoms with Crippen molar-refractivity contribution >= 4 is 27.5 Å². The molecule has 5 nitrogen and oxygen atoms in total. The topological polar surface area (TPSA) is 75.3 Å². The van der Waals surface area contributed by atoms with E-state index < -0.39 is 32.8 Å². The molecule has 0 unspecified atom stereocenters. The number of carbonyl (C=O) groups excluding carboxylic acids is 1. The second kappa shape index (κ2) is 8.77. The van der Waals surface area contributed by atoms with Crippen molar-refractivity contribution in [2.24, 2.45) is 0 Å². The van der Waals surface area contributed by atoms with Gasteiger partial charge in [-0.2, -0.15) is 0 Å². The van der Waals surface area contributed by atoms with Crippen LogP contribution in [-0.4, -0.2) is 19.6 Å². The van der Waals surface area contributed by atoms with Crippen LogP contribution in [0.3, 0.4) is 0 Å². The first-order valence-electron chi connectivity index (χ1n) is 9.26. The summed E-state index contributed by atoms with van der Waals surface area (Å²) >= 11 is 6.00. The van der Waals surface area contributed by atoms with Gasteiger partial charge in [0.05, 0.1) is 15.8 Å². The SMILES string of the molecule is Cc1cc(-c2cccc(F)c2Cl)cc(C(=O)NNS(=O)(=O)C2CCCCC2)c1F. The third-order valence-corrected chi connectivity index (χ3v) is 7.18. The molecule has 0 heterocycles. The molecular weight excluding hydrogens is 422 g/mol. The Labute approximate surface area is 173 Å². The summed E-state index contributed by atoms with van der Waals surface area (Å²) < 4.78 is 53.1. The first kappa shape index (κ1) is 21.7. The van der Waals surface area contributed by atoms with E-state index in [-0.39, 0.29) is 16.1 Å². The zero-order chi connectivity index (χ0) is 21.2. The van der Waals surface area contributed by atoms with Crippen molar-refractivity contribution in [3.63, 3.8) is 0 Å². The van der Waals surface area contributed by atoms with Gasteiger partial charge in [-0.15, -0.1) is 4.83 Å². The standard InChI is InChI=1S/C20H21ClF2N2O3S/c1-12-10-13(15-8-5-9-17(22)18(15)21)11-16(19(12)23)20(26)24-25-29(27,28)14-6-3-2-4-7-14/h5,8-11,14,25H,2-4,6-7H2,1H3,(H,24,26). The number of rotatable bonds is 5. The molecule has 1 fully saturated rings. The maximum Gasteiger partial charge on any atom is 0.269 e. The Hall–Kier alpha value is -2.03. The van der Waals surface area contributed by atoms with E-state index in [0.717, 1.165) is 19.3 Å². The fourth-order valence-corrected chi connectivity index (χ4v) is 5.05. The van der Waals surface area contributed by atoms with Crippen molar-refractivity contribution in [3.05, 3.63) is 58.1 Å². The van der Waals surface area contributed by atoms with Gasteiger partial charge in [-0.25, -0.2) is 17.2 Å². The van der Waals surface area contributed by atoms with Crippen LogP contribution in [0.5, 0.6) is 0 Å². The number of hydrogen-bond donors (Lipinski definition) is 2. The maximum absolute atomic E-state index is 14.6. The summed E-state index contributed by atoms with van der Waals surface area (Å²) in [5.41, 5.74) is 2.50. The lowest BCUT2D eigenvalue weighted by atomic mass is 9.99. The Morgan fingerprint density at radius 3 is 2.52 bits per heavy atom. The van der Waals surface area contributed by atoms with E-state index in [1.807, 2.05) is 0 Å². The molecule has 0 bridgehead atoms. The average molecular weight is 443 g/mol. The molecule has 1 saturated carbocycles. The van der Waals surface area contributed by atoms with E-state index in [2.05, 4.69) is 10.3 Å². The van der Waals surface area contributed by atoms with Crippen LogP contribution in [-0.2, 0) is 10.0 Å². The fourth-order valence-electron chi connectivity index (χ4n) is 3.46. The average Bonchev–Trinajstić information content (AvgIpc) is 2.71. The van der Waals surface area contributed by atoms with Gasteiger partial charge in [0.15, 0.2) is 0 Å². The molecule has 1 aliphatic carbocycles. The third-order valence-electron chi connectivity index (χ3n) is 5.06. The van der Waals surface area contributed by atoms with E-state index in [1.165, 1.54) is 31.2 Å². The van der Waals surface area contributed by atoms with Crippen molar-refractivity contribution in [2.45, 2.75) is 44.3 Å². The highest BCUT2D eigenvalue weighted by atomic mass is 35.5. The minimum Gasteiger partial charge on any atom is -0.274 e. The van der Waals surface area contributed by atoms with Crippen LogP contribution in [0.15, 0.2) is 30.3 Å². The number of aryl methyl sites for hydroxylation is 1. The molecule has 2 aromatic carbocycles. The molecule has 2 aromatic rings. The summed E-state index contributed by atoms with van der Waals surface area (Å²) in [6.45, 7) is 1.45. The molecule has 0 radical (unpaired) electrons. The zero-order valence-corrected chi connectivity index (χ0v) is 17.3. The molecule has 0 saturated heterocycles. The van der Waals surface area contributed by atoms with E-state index in [9.17, 15) is 22.0 Å². The number of sulfonamides is 1. The lowest BCUT2D eigenvalue weighted by Crippen LogP contribution is -2.46. The molecule has 2 N–H and O–H groups in total. The van der Waals surface area contributed by atoms with Crippen molar-refractivity contribution in [1.29, 1.82) is 0 Å². The molecule has 1 amide bonds. The van der Waals surface area contributed by atoms with Gasteiger partial charge in [0.1, 0.15) is 11.6 Å². The monoisotopic (exact) mass is 442 g/mol. The van der Waals surface area contributed by atoms with Gasteiger partial charge in [0.2, 0.25) is 10.0 Å². The van der Waals surface area contributed by atoms with Crippen LogP contribution < -0.4 is 10.3 Å². The number of benzene rings is 2. The number of hydrazine groups is 1. The van der Waals surface area contributed by atoms with Crippen LogP contribution in [0.2, 0.25) is 5.02 Å². The Bertz CT molecular complexity index is 1040. The smallest absolute Gasteiger partial charge is 0.269 e. The molecule has 9 heteroatoms. The zero-order valence-electron chi connectivity index (χ0n) is 15.8. The molecule has 0 aliphatic heterocycles. The molecule has 3 rings (SSSR count). The molecular formula is C20H21ClF2N2O3S. The van der Waals surface area contributed by atoms with Gasteiger partial charge in [-0.3, -0.25) is 10.2 Å². The Balaban J connectivity index is 1.85. The second-order valence-corrected chi connectivity index (χ2v) is 9.46. The van der Waals surface area contributed by atoms with Gasteiger partial charge in [0, 0.05) is 5.56 Å². The first-order chi connectivity index (χ1) is 13.7. The van der Waals surface area contributed by atoms with Crippen LogP contribution in [0, 0.1) is 18.6 Å². The van der Waals surface area contributed by atoms with Crippen LogP contribution in [0.25, 0.3) is 11.1 Å². The molecule has 0 spiro atoms. The Morgan fingerprint density at radius 2 is 1.83 bits per heavy atom. The minimum absolute atomic E-state index is 0.142. The lowest BCUT2D eigenvalue weighted by molar-refractivity contribution is 0.0940. The molecule has 1 aliphatic rings. The van der Waals surface area contributed by atoms with Crippen LogP contribution >= 0.6 is 11.6 Å². The van der Waals surface area contributed by atoms with E-state index >= 15 is 0 Å². The van der Waals surface area contributed by atoms with Gasteiger partial charge in [0.25, 0.3) is 5.91 Å². The van der Waals surface area contributed by atoms with Crippen LogP contribution in [0.4, 0.5) is 8.78 Å². The highest BCUT2D eigenvalue weighted by Crippen LogP contribution is 2.32. The minimum atomic E-state index is -3.76. The molecule has 0 atom stereocenters. The number of hydrogen-bond acceptors (Lipinski definition) is 3. The summed E-state index contributed by atoms with van der Waals surface area (Å²) in [7, 11) is -3.76. The third kappa shape index (κ3) is 4.76. The first-order valence-corrected chi connectivity index (χ1v) is 11.2. The number of halogens is 3. The summed E-state index contributed by atoms with van der Waals surface area (Å²) in [4.78, 5) is 14.6. The maximum atomic E-state index is 14.6. The number of nitrogens with one attached hydrogen (secondary N) is 2. The van der Waals surface area contributed by atoms with Crippen molar-refractivity contribution in [2.75, 3.05) is 0 Å². The molecule has 156 valence electrons. The normalized spacial score (nSPS) is 15.3. The number of amides is 1. The van der Waals surface area contributed by atoms with Crippen molar-refractivity contribution in [1.82, 2.24) is 10.3 Å². The lowest BCUT2D eigenvalue weighted by Gasteiger charge is -2.22. The van der Waals surface area contributed by atoms with Gasteiger partial charge in [-0.05, 0) is 49.1 Å². The fraction of sp³-hybridized carbons (Fsp3) is 0.350. The van der Waals surface area contributed by atoms with Crippen LogP contribution in [0.1, 0.15) is 48.0 Å². The van der Waals surface area contributed by atoms with Gasteiger partial charge in [-0.1, -0.05) is 43.0 Å².